The van der Waals surface area contributed by atoms with Gasteiger partial charge in [-0.05, 0) is 66.0 Å². The van der Waals surface area contributed by atoms with Crippen molar-refractivity contribution < 1.29 is 18.3 Å². The van der Waals surface area contributed by atoms with Crippen LogP contribution in [0.25, 0.3) is 0 Å². The third-order valence-corrected chi connectivity index (χ3v) is 7.63. The van der Waals surface area contributed by atoms with Crippen molar-refractivity contribution in [3.05, 3.63) is 53.2 Å². The molecule has 9 nitrogen and oxygen atoms in total. The summed E-state index contributed by atoms with van der Waals surface area (Å²) in [6, 6.07) is 6.25. The molecule has 0 spiro atoms. The number of nitrogens with zero attached hydrogens (tertiary/aromatic N) is 3. The quantitative estimate of drug-likeness (QED) is 0.396. The number of rotatable bonds is 10. The molecule has 1 aromatic carbocycles. The molecular weight excluding hydrogens is 462 g/mol. The van der Waals surface area contributed by atoms with E-state index in [1.165, 1.54) is 23.7 Å². The van der Waals surface area contributed by atoms with Crippen LogP contribution in [0.3, 0.4) is 0 Å². The first-order chi connectivity index (χ1) is 15.9. The van der Waals surface area contributed by atoms with Crippen LogP contribution in [0.15, 0.2) is 46.9 Å². The zero-order valence-corrected chi connectivity index (χ0v) is 20.1. The molecule has 0 atom stereocenters. The standard InChI is InChI=1S/C22H27N5O4S2/c1-14(2)20-13-32-27-21(20)31-18-9-15(10-18)16-11-23-22(24-12-16)26-17-3-5-19(6-4-17)33(29,30)25-7-8-28/h3-6,11-15,18,25,28H,7-10H2,1-2H3,(H,23,24,26). The monoisotopic (exact) mass is 489 g/mol. The van der Waals surface area contributed by atoms with Gasteiger partial charge in [0.05, 0.1) is 11.5 Å². The summed E-state index contributed by atoms with van der Waals surface area (Å²) in [4.78, 5) is 8.91. The first kappa shape index (κ1) is 23.6. The van der Waals surface area contributed by atoms with Crippen molar-refractivity contribution in [2.24, 2.45) is 0 Å². The third-order valence-electron chi connectivity index (χ3n) is 5.53. The van der Waals surface area contributed by atoms with Crippen LogP contribution in [-0.4, -0.2) is 47.1 Å². The molecule has 1 saturated carbocycles. The molecule has 4 rings (SSSR count). The van der Waals surface area contributed by atoms with Crippen LogP contribution in [0.1, 0.15) is 49.7 Å². The van der Waals surface area contributed by atoms with Crippen molar-refractivity contribution in [3.63, 3.8) is 0 Å². The molecule has 11 heteroatoms. The van der Waals surface area contributed by atoms with Gasteiger partial charge >= 0.3 is 0 Å². The van der Waals surface area contributed by atoms with E-state index in [1.54, 1.807) is 12.1 Å². The molecule has 1 aliphatic carbocycles. The van der Waals surface area contributed by atoms with Crippen molar-refractivity contribution in [3.8, 4) is 5.88 Å². The van der Waals surface area contributed by atoms with Gasteiger partial charge < -0.3 is 15.2 Å². The minimum Gasteiger partial charge on any atom is -0.473 e. The van der Waals surface area contributed by atoms with Gasteiger partial charge in [-0.2, -0.15) is 4.37 Å². The van der Waals surface area contributed by atoms with E-state index < -0.39 is 10.0 Å². The maximum atomic E-state index is 12.1. The van der Waals surface area contributed by atoms with Crippen LogP contribution in [0, 0.1) is 0 Å². The molecule has 1 aliphatic rings. The van der Waals surface area contributed by atoms with Crippen molar-refractivity contribution >= 4 is 33.2 Å². The van der Waals surface area contributed by atoms with E-state index in [-0.39, 0.29) is 24.2 Å². The second-order valence-corrected chi connectivity index (χ2v) is 10.6. The summed E-state index contributed by atoms with van der Waals surface area (Å²) in [5, 5.41) is 13.9. The lowest BCUT2D eigenvalue weighted by Gasteiger charge is -2.35. The Hall–Kier alpha value is -2.60. The average molecular weight is 490 g/mol. The van der Waals surface area contributed by atoms with Gasteiger partial charge in [-0.15, -0.1) is 0 Å². The number of hydrogen-bond acceptors (Lipinski definition) is 9. The van der Waals surface area contributed by atoms with Gasteiger partial charge in [-0.3, -0.25) is 0 Å². The van der Waals surface area contributed by atoms with Gasteiger partial charge in [0.15, 0.2) is 0 Å². The summed E-state index contributed by atoms with van der Waals surface area (Å²) in [5.74, 6) is 1.95. The fourth-order valence-electron chi connectivity index (χ4n) is 3.52. The van der Waals surface area contributed by atoms with Crippen molar-refractivity contribution in [2.45, 2.75) is 49.5 Å². The Kier molecular flexibility index (Phi) is 7.23. The van der Waals surface area contributed by atoms with E-state index in [2.05, 4.69) is 43.6 Å². The molecule has 33 heavy (non-hydrogen) atoms. The number of sulfonamides is 1. The highest BCUT2D eigenvalue weighted by Crippen LogP contribution is 2.40. The van der Waals surface area contributed by atoms with Gasteiger partial charge in [0.2, 0.25) is 21.9 Å². The number of nitrogens with one attached hydrogen (secondary N) is 2. The Morgan fingerprint density at radius 3 is 2.52 bits per heavy atom. The molecule has 2 heterocycles. The highest BCUT2D eigenvalue weighted by atomic mass is 32.2. The first-order valence-corrected chi connectivity index (χ1v) is 13.1. The predicted molar refractivity (Wildman–Crippen MR) is 127 cm³/mol. The van der Waals surface area contributed by atoms with E-state index in [4.69, 9.17) is 9.84 Å². The molecule has 0 unspecified atom stereocenters. The fourth-order valence-corrected chi connectivity index (χ4v) is 5.33. The second kappa shape index (κ2) is 10.1. The normalized spacial score (nSPS) is 18.2. The zero-order chi connectivity index (χ0) is 23.4. The maximum Gasteiger partial charge on any atom is 0.240 e. The van der Waals surface area contributed by atoms with E-state index in [0.29, 0.717) is 23.5 Å². The van der Waals surface area contributed by atoms with E-state index in [9.17, 15) is 8.42 Å². The molecule has 0 amide bonds. The SMILES string of the molecule is CC(C)c1csnc1OC1CC(c2cnc(Nc3ccc(S(=O)(=O)NCCO)cc3)nc2)C1. The second-order valence-electron chi connectivity index (χ2n) is 8.25. The Labute approximate surface area is 197 Å². The lowest BCUT2D eigenvalue weighted by atomic mass is 9.78. The van der Waals surface area contributed by atoms with E-state index in [0.717, 1.165) is 29.8 Å². The number of aliphatic hydroxyl groups is 1. The largest absolute Gasteiger partial charge is 0.473 e. The summed E-state index contributed by atoms with van der Waals surface area (Å²) in [6.45, 7) is 3.99. The maximum absolute atomic E-state index is 12.1. The summed E-state index contributed by atoms with van der Waals surface area (Å²) in [7, 11) is -3.63. The fraction of sp³-hybridized carbons (Fsp3) is 0.409. The number of anilines is 2. The number of ether oxygens (including phenoxy) is 1. The summed E-state index contributed by atoms with van der Waals surface area (Å²) in [5.41, 5.74) is 2.90. The zero-order valence-electron chi connectivity index (χ0n) is 18.4. The molecule has 1 fully saturated rings. The third kappa shape index (κ3) is 5.67. The molecule has 2 aromatic heterocycles. The molecule has 176 valence electrons. The van der Waals surface area contributed by atoms with Crippen LogP contribution in [0.5, 0.6) is 5.88 Å². The Morgan fingerprint density at radius 1 is 1.18 bits per heavy atom. The first-order valence-electron chi connectivity index (χ1n) is 10.8. The smallest absolute Gasteiger partial charge is 0.240 e. The Balaban J connectivity index is 1.30. The topological polar surface area (TPSA) is 126 Å². The Bertz CT molecular complexity index is 1160. The van der Waals surface area contributed by atoms with Gasteiger partial charge in [0.1, 0.15) is 6.10 Å². The Morgan fingerprint density at radius 2 is 1.88 bits per heavy atom. The van der Waals surface area contributed by atoms with Crippen LogP contribution in [0.2, 0.25) is 0 Å². The van der Waals surface area contributed by atoms with Crippen LogP contribution >= 0.6 is 11.5 Å². The number of hydrogen-bond donors (Lipinski definition) is 3. The van der Waals surface area contributed by atoms with Crippen LogP contribution in [0.4, 0.5) is 11.6 Å². The summed E-state index contributed by atoms with van der Waals surface area (Å²) >= 11 is 1.43. The van der Waals surface area contributed by atoms with Crippen molar-refractivity contribution in [2.75, 3.05) is 18.5 Å². The summed E-state index contributed by atoms with van der Waals surface area (Å²) in [6.07, 6.45) is 5.61. The average Bonchev–Trinajstić information content (AvgIpc) is 3.24. The van der Waals surface area contributed by atoms with Gasteiger partial charge in [0.25, 0.3) is 0 Å². The predicted octanol–water partition coefficient (Wildman–Crippen LogP) is 3.40. The lowest BCUT2D eigenvalue weighted by molar-refractivity contribution is 0.0931. The minimum absolute atomic E-state index is 0.0275. The molecular formula is C22H27N5O4S2. The molecule has 0 aliphatic heterocycles. The molecule has 0 radical (unpaired) electrons. The minimum atomic E-state index is -3.63. The van der Waals surface area contributed by atoms with Crippen LogP contribution < -0.4 is 14.8 Å². The molecule has 3 N–H and O–H groups in total. The van der Waals surface area contributed by atoms with Gasteiger partial charge in [-0.1, -0.05) is 13.8 Å². The molecule has 3 aromatic rings. The number of benzene rings is 1. The van der Waals surface area contributed by atoms with E-state index >= 15 is 0 Å². The van der Waals surface area contributed by atoms with Crippen LogP contribution in [-0.2, 0) is 10.0 Å². The van der Waals surface area contributed by atoms with Gasteiger partial charge in [-0.25, -0.2) is 23.1 Å². The number of aromatic nitrogens is 3. The highest BCUT2D eigenvalue weighted by molar-refractivity contribution is 7.89. The highest BCUT2D eigenvalue weighted by Gasteiger charge is 2.33. The van der Waals surface area contributed by atoms with Gasteiger partial charge in [0, 0.05) is 35.6 Å². The number of aliphatic hydroxyl groups excluding tert-OH is 1. The lowest BCUT2D eigenvalue weighted by Crippen LogP contribution is -2.32. The van der Waals surface area contributed by atoms with Crippen molar-refractivity contribution in [1.29, 1.82) is 0 Å². The molecule has 0 bridgehead atoms. The molecule has 0 saturated heterocycles. The summed E-state index contributed by atoms with van der Waals surface area (Å²) < 4.78 is 36.9. The van der Waals surface area contributed by atoms with Crippen molar-refractivity contribution in [1.82, 2.24) is 19.1 Å². The van der Waals surface area contributed by atoms with E-state index in [1.807, 2.05) is 12.4 Å².